The minimum atomic E-state index is -4.68. The Morgan fingerprint density at radius 2 is 2.07 bits per heavy atom. The fraction of sp³-hybridized carbons (Fsp3) is 0.235. The first-order valence-electron chi connectivity index (χ1n) is 7.90. The van der Waals surface area contributed by atoms with Crippen molar-refractivity contribution in [3.05, 3.63) is 64.7 Å². The minimum absolute atomic E-state index is 0.0755. The smallest absolute Gasteiger partial charge is 0.324 e. The van der Waals surface area contributed by atoms with E-state index in [1.54, 1.807) is 35.1 Å². The molecule has 0 atom stereocenters. The zero-order chi connectivity index (χ0) is 19.6. The van der Waals surface area contributed by atoms with Crippen molar-refractivity contribution in [3.8, 4) is 0 Å². The highest BCUT2D eigenvalue weighted by molar-refractivity contribution is 6.32. The second-order valence-corrected chi connectivity index (χ2v) is 6.23. The predicted molar refractivity (Wildman–Crippen MR) is 93.4 cm³/mol. The van der Waals surface area contributed by atoms with E-state index in [0.29, 0.717) is 12.2 Å². The average Bonchev–Trinajstić information content (AvgIpc) is 3.18. The molecular formula is C17H15ClF3N5O. The van der Waals surface area contributed by atoms with Gasteiger partial charge in [-0.15, -0.1) is 0 Å². The number of amides is 1. The molecule has 0 unspecified atom stereocenters. The molecule has 1 N–H and O–H groups in total. The second-order valence-electron chi connectivity index (χ2n) is 5.86. The number of benzene rings is 1. The third kappa shape index (κ3) is 4.48. The summed E-state index contributed by atoms with van der Waals surface area (Å²) >= 11 is 5.69. The summed E-state index contributed by atoms with van der Waals surface area (Å²) in [5.41, 5.74) is 0.313. The quantitative estimate of drug-likeness (QED) is 0.713. The zero-order valence-corrected chi connectivity index (χ0v) is 14.9. The number of carbonyl (C=O) groups excluding carboxylic acids is 1. The van der Waals surface area contributed by atoms with Crippen molar-refractivity contribution >= 4 is 23.2 Å². The maximum atomic E-state index is 12.9. The van der Waals surface area contributed by atoms with Gasteiger partial charge in [0.25, 0.3) is 0 Å². The summed E-state index contributed by atoms with van der Waals surface area (Å²) in [5.74, 6) is -0.512. The summed E-state index contributed by atoms with van der Waals surface area (Å²) in [6.07, 6.45) is -1.20. The first kappa shape index (κ1) is 19.0. The van der Waals surface area contributed by atoms with E-state index < -0.39 is 22.8 Å². The molecule has 0 aliphatic heterocycles. The van der Waals surface area contributed by atoms with Crippen LogP contribution in [0.15, 0.2) is 42.7 Å². The lowest BCUT2D eigenvalue weighted by atomic mass is 10.2. The number of carbonyl (C=O) groups is 1. The number of aromatic nitrogens is 4. The van der Waals surface area contributed by atoms with E-state index in [1.165, 1.54) is 6.92 Å². The van der Waals surface area contributed by atoms with E-state index in [9.17, 15) is 18.0 Å². The van der Waals surface area contributed by atoms with Gasteiger partial charge in [0, 0.05) is 18.1 Å². The first-order valence-corrected chi connectivity index (χ1v) is 8.28. The van der Waals surface area contributed by atoms with Gasteiger partial charge in [0.2, 0.25) is 5.91 Å². The average molecular weight is 398 g/mol. The Kier molecular flexibility index (Phi) is 5.22. The van der Waals surface area contributed by atoms with Gasteiger partial charge in [-0.05, 0) is 30.7 Å². The van der Waals surface area contributed by atoms with Crippen LogP contribution in [0.2, 0.25) is 5.02 Å². The van der Waals surface area contributed by atoms with Crippen molar-refractivity contribution in [2.75, 3.05) is 5.32 Å². The highest BCUT2D eigenvalue weighted by Crippen LogP contribution is 2.35. The Morgan fingerprint density at radius 3 is 2.70 bits per heavy atom. The number of anilines is 1. The van der Waals surface area contributed by atoms with Crippen LogP contribution >= 0.6 is 11.6 Å². The molecule has 0 radical (unpaired) electrons. The van der Waals surface area contributed by atoms with Crippen LogP contribution in [-0.2, 0) is 24.1 Å². The number of nitrogens with zero attached hydrogens (tertiary/aromatic N) is 4. The molecule has 0 aliphatic rings. The van der Waals surface area contributed by atoms with Gasteiger partial charge in [0.05, 0.1) is 17.3 Å². The molecule has 2 heterocycles. The van der Waals surface area contributed by atoms with Crippen LogP contribution in [0.5, 0.6) is 0 Å². The first-order chi connectivity index (χ1) is 12.7. The van der Waals surface area contributed by atoms with E-state index >= 15 is 0 Å². The molecule has 2 aromatic heterocycles. The van der Waals surface area contributed by atoms with Crippen LogP contribution in [0, 0.1) is 6.92 Å². The number of hydrogen-bond donors (Lipinski definition) is 1. The van der Waals surface area contributed by atoms with Crippen LogP contribution in [0.4, 0.5) is 18.9 Å². The van der Waals surface area contributed by atoms with Gasteiger partial charge in [-0.25, -0.2) is 0 Å². The fourth-order valence-corrected chi connectivity index (χ4v) is 2.77. The van der Waals surface area contributed by atoms with Gasteiger partial charge in [-0.1, -0.05) is 23.7 Å². The van der Waals surface area contributed by atoms with Gasteiger partial charge in [0.15, 0.2) is 5.69 Å². The molecule has 0 bridgehead atoms. The fourth-order valence-electron chi connectivity index (χ4n) is 2.52. The molecule has 0 fully saturated rings. The van der Waals surface area contributed by atoms with E-state index in [-0.39, 0.29) is 12.2 Å². The number of hydrogen-bond acceptors (Lipinski definition) is 3. The standard InChI is InChI=1S/C17H15ClF3N5O/c1-11-15(18)16(17(19,20)21)24-26(11)10-14(27)23-13-5-2-4-12(8-13)9-25-7-3-6-22-25/h2-8H,9-10H2,1H3,(H,23,27). The van der Waals surface area contributed by atoms with Gasteiger partial charge in [-0.2, -0.15) is 23.4 Å². The predicted octanol–water partition coefficient (Wildman–Crippen LogP) is 3.75. The van der Waals surface area contributed by atoms with Crippen LogP contribution < -0.4 is 5.32 Å². The SMILES string of the molecule is Cc1c(Cl)c(C(F)(F)F)nn1CC(=O)Nc1cccc(Cn2cccn2)c1. The number of halogens is 4. The Hall–Kier alpha value is -2.81. The van der Waals surface area contributed by atoms with Crippen molar-refractivity contribution in [2.24, 2.45) is 0 Å². The van der Waals surface area contributed by atoms with Crippen molar-refractivity contribution < 1.29 is 18.0 Å². The third-order valence-electron chi connectivity index (χ3n) is 3.81. The molecule has 3 aromatic rings. The van der Waals surface area contributed by atoms with Crippen LogP contribution in [0.3, 0.4) is 0 Å². The lowest BCUT2D eigenvalue weighted by molar-refractivity contribution is -0.141. The molecule has 10 heteroatoms. The summed E-state index contributed by atoms with van der Waals surface area (Å²) < 4.78 is 41.2. The van der Waals surface area contributed by atoms with Crippen molar-refractivity contribution in [1.29, 1.82) is 0 Å². The Bertz CT molecular complexity index is 950. The van der Waals surface area contributed by atoms with Gasteiger partial charge in [-0.3, -0.25) is 14.2 Å². The number of alkyl halides is 3. The van der Waals surface area contributed by atoms with Gasteiger partial charge < -0.3 is 5.32 Å². The molecule has 0 spiro atoms. The summed E-state index contributed by atoms with van der Waals surface area (Å²) in [4.78, 5) is 12.2. The molecule has 0 saturated heterocycles. The molecule has 1 aromatic carbocycles. The van der Waals surface area contributed by atoms with Crippen molar-refractivity contribution in [1.82, 2.24) is 19.6 Å². The molecule has 142 valence electrons. The number of nitrogens with one attached hydrogen (secondary N) is 1. The molecular weight excluding hydrogens is 383 g/mol. The highest BCUT2D eigenvalue weighted by atomic mass is 35.5. The Balaban J connectivity index is 1.70. The summed E-state index contributed by atoms with van der Waals surface area (Å²) in [6.45, 7) is 1.52. The third-order valence-corrected chi connectivity index (χ3v) is 4.26. The van der Waals surface area contributed by atoms with Crippen molar-refractivity contribution in [3.63, 3.8) is 0 Å². The van der Waals surface area contributed by atoms with E-state index in [1.807, 2.05) is 12.3 Å². The van der Waals surface area contributed by atoms with E-state index in [2.05, 4.69) is 15.5 Å². The van der Waals surface area contributed by atoms with Crippen LogP contribution in [-0.4, -0.2) is 25.5 Å². The zero-order valence-electron chi connectivity index (χ0n) is 14.2. The topological polar surface area (TPSA) is 64.7 Å². The molecule has 0 saturated carbocycles. The lowest BCUT2D eigenvalue weighted by Crippen LogP contribution is -2.21. The summed E-state index contributed by atoms with van der Waals surface area (Å²) in [7, 11) is 0. The summed E-state index contributed by atoms with van der Waals surface area (Å²) in [5, 5.41) is 9.68. The number of rotatable bonds is 5. The largest absolute Gasteiger partial charge is 0.436 e. The molecule has 0 aliphatic carbocycles. The van der Waals surface area contributed by atoms with E-state index in [4.69, 9.17) is 11.6 Å². The lowest BCUT2D eigenvalue weighted by Gasteiger charge is -2.09. The highest BCUT2D eigenvalue weighted by Gasteiger charge is 2.38. The second kappa shape index (κ2) is 7.43. The molecule has 1 amide bonds. The molecule has 27 heavy (non-hydrogen) atoms. The maximum Gasteiger partial charge on any atom is 0.436 e. The van der Waals surface area contributed by atoms with Crippen LogP contribution in [0.1, 0.15) is 17.0 Å². The van der Waals surface area contributed by atoms with Crippen molar-refractivity contribution in [2.45, 2.75) is 26.2 Å². The van der Waals surface area contributed by atoms with Crippen LogP contribution in [0.25, 0.3) is 0 Å². The Morgan fingerprint density at radius 1 is 1.30 bits per heavy atom. The monoisotopic (exact) mass is 397 g/mol. The Labute approximate surface area is 157 Å². The molecule has 3 rings (SSSR count). The van der Waals surface area contributed by atoms with Gasteiger partial charge >= 0.3 is 6.18 Å². The maximum absolute atomic E-state index is 12.9. The van der Waals surface area contributed by atoms with E-state index in [0.717, 1.165) is 10.2 Å². The summed E-state index contributed by atoms with van der Waals surface area (Å²) in [6, 6.07) is 8.91. The minimum Gasteiger partial charge on any atom is -0.324 e. The molecule has 6 nitrogen and oxygen atoms in total. The van der Waals surface area contributed by atoms with Gasteiger partial charge in [0.1, 0.15) is 6.54 Å². The normalized spacial score (nSPS) is 11.6.